The van der Waals surface area contributed by atoms with Crippen molar-refractivity contribution < 1.29 is 4.39 Å². The molecule has 0 amide bonds. The van der Waals surface area contributed by atoms with Gasteiger partial charge in [0, 0.05) is 17.7 Å². The van der Waals surface area contributed by atoms with E-state index in [1.807, 2.05) is 18.3 Å². The number of nitrogens with zero attached hydrogens (tertiary/aromatic N) is 1. The molecule has 0 fully saturated rings. The van der Waals surface area contributed by atoms with Crippen LogP contribution in [0, 0.1) is 5.82 Å². The first kappa shape index (κ1) is 7.50. The van der Waals surface area contributed by atoms with Crippen LogP contribution in [0.5, 0.6) is 0 Å². The van der Waals surface area contributed by atoms with Crippen molar-refractivity contribution in [2.45, 2.75) is 0 Å². The molecule has 2 heteroatoms. The van der Waals surface area contributed by atoms with Crippen molar-refractivity contribution in [1.82, 2.24) is 4.48 Å². The van der Waals surface area contributed by atoms with Crippen LogP contribution in [-0.4, -0.2) is 14.1 Å². The summed E-state index contributed by atoms with van der Waals surface area (Å²) in [5.41, 5.74) is 2.14. The molecule has 1 aromatic carbocycles. The second-order valence-corrected chi connectivity index (χ2v) is 3.56. The molecule has 0 aliphatic carbocycles. The van der Waals surface area contributed by atoms with Gasteiger partial charge in [-0.05, 0) is 12.1 Å². The molecular weight excluding hydrogens is 153 g/mol. The SMILES string of the molecule is C[N+]1(C)C=Cc2cc(F)ccc21. The molecule has 0 N–H and O–H groups in total. The van der Waals surface area contributed by atoms with Crippen molar-refractivity contribution in [3.05, 3.63) is 35.8 Å². The molecule has 1 aliphatic heterocycles. The molecule has 2 rings (SSSR count). The highest BCUT2D eigenvalue weighted by atomic mass is 19.1. The van der Waals surface area contributed by atoms with Gasteiger partial charge in [0.25, 0.3) is 0 Å². The van der Waals surface area contributed by atoms with E-state index in [1.54, 1.807) is 6.07 Å². The second-order valence-electron chi connectivity index (χ2n) is 3.56. The molecule has 0 bridgehead atoms. The standard InChI is InChI=1S/C10H11FN/c1-12(2)6-5-8-7-9(11)3-4-10(8)12/h3-7H,1-2H3/q+1. The minimum Gasteiger partial charge on any atom is -0.269 e. The van der Waals surface area contributed by atoms with Gasteiger partial charge in [0.15, 0.2) is 0 Å². The minimum atomic E-state index is -0.166. The molecular formula is C10H11FN+. The minimum absolute atomic E-state index is 0.166. The number of halogens is 1. The first-order chi connectivity index (χ1) is 5.59. The first-order valence-corrected chi connectivity index (χ1v) is 3.93. The van der Waals surface area contributed by atoms with Gasteiger partial charge in [-0.15, -0.1) is 0 Å². The second kappa shape index (κ2) is 2.17. The van der Waals surface area contributed by atoms with Crippen LogP contribution in [0.2, 0.25) is 0 Å². The highest BCUT2D eigenvalue weighted by Gasteiger charge is 2.24. The van der Waals surface area contributed by atoms with Crippen LogP contribution in [0.25, 0.3) is 6.08 Å². The largest absolute Gasteiger partial charge is 0.269 e. The zero-order chi connectivity index (χ0) is 8.77. The third kappa shape index (κ3) is 0.959. The van der Waals surface area contributed by atoms with Crippen LogP contribution in [0.3, 0.4) is 0 Å². The fourth-order valence-corrected chi connectivity index (χ4v) is 1.53. The number of hydrogen-bond donors (Lipinski definition) is 0. The summed E-state index contributed by atoms with van der Waals surface area (Å²) in [7, 11) is 4.14. The zero-order valence-electron chi connectivity index (χ0n) is 7.21. The van der Waals surface area contributed by atoms with E-state index in [0.717, 1.165) is 11.3 Å². The first-order valence-electron chi connectivity index (χ1n) is 3.93. The third-order valence-electron chi connectivity index (χ3n) is 2.24. The van der Waals surface area contributed by atoms with Gasteiger partial charge in [0.05, 0.1) is 14.1 Å². The molecule has 1 nitrogen and oxygen atoms in total. The molecule has 12 heavy (non-hydrogen) atoms. The average Bonchev–Trinajstić information content (AvgIpc) is 2.27. The maximum absolute atomic E-state index is 12.8. The monoisotopic (exact) mass is 164 g/mol. The van der Waals surface area contributed by atoms with Gasteiger partial charge in [-0.25, -0.2) is 4.39 Å². The molecule has 0 radical (unpaired) electrons. The summed E-state index contributed by atoms with van der Waals surface area (Å²) in [6, 6.07) is 4.91. The Balaban J connectivity index is 2.62. The van der Waals surface area contributed by atoms with Crippen LogP contribution >= 0.6 is 0 Å². The fourth-order valence-electron chi connectivity index (χ4n) is 1.53. The summed E-state index contributed by atoms with van der Waals surface area (Å²) in [5, 5.41) is 0. The van der Waals surface area contributed by atoms with E-state index in [0.29, 0.717) is 4.48 Å². The molecule has 1 aromatic rings. The van der Waals surface area contributed by atoms with E-state index < -0.39 is 0 Å². The lowest BCUT2D eigenvalue weighted by molar-refractivity contribution is 0.549. The van der Waals surface area contributed by atoms with E-state index in [2.05, 4.69) is 14.1 Å². The number of hydrogen-bond acceptors (Lipinski definition) is 0. The summed E-state index contributed by atoms with van der Waals surface area (Å²) in [6.45, 7) is 0. The average molecular weight is 164 g/mol. The van der Waals surface area contributed by atoms with Crippen LogP contribution in [0.4, 0.5) is 10.1 Å². The Morgan fingerprint density at radius 3 is 2.75 bits per heavy atom. The highest BCUT2D eigenvalue weighted by Crippen LogP contribution is 2.32. The summed E-state index contributed by atoms with van der Waals surface area (Å²) >= 11 is 0. The highest BCUT2D eigenvalue weighted by molar-refractivity contribution is 5.72. The van der Waals surface area contributed by atoms with Crippen molar-refractivity contribution in [3.63, 3.8) is 0 Å². The van der Waals surface area contributed by atoms with E-state index in [-0.39, 0.29) is 5.82 Å². The zero-order valence-corrected chi connectivity index (χ0v) is 7.21. The van der Waals surface area contributed by atoms with Crippen molar-refractivity contribution in [2.75, 3.05) is 14.1 Å². The van der Waals surface area contributed by atoms with E-state index in [9.17, 15) is 4.39 Å². The van der Waals surface area contributed by atoms with Gasteiger partial charge < -0.3 is 0 Å². The molecule has 1 aliphatic rings. The molecule has 0 spiro atoms. The van der Waals surface area contributed by atoms with Crippen LogP contribution in [0.15, 0.2) is 24.4 Å². The summed E-state index contributed by atoms with van der Waals surface area (Å²) in [5.74, 6) is -0.166. The summed E-state index contributed by atoms with van der Waals surface area (Å²) < 4.78 is 13.5. The van der Waals surface area contributed by atoms with Crippen molar-refractivity contribution in [2.24, 2.45) is 0 Å². The maximum Gasteiger partial charge on any atom is 0.144 e. The molecule has 0 saturated carbocycles. The van der Waals surface area contributed by atoms with Crippen LogP contribution < -0.4 is 4.48 Å². The van der Waals surface area contributed by atoms with Crippen LogP contribution in [0.1, 0.15) is 5.56 Å². The Bertz CT molecular complexity index is 353. The summed E-state index contributed by atoms with van der Waals surface area (Å²) in [6.07, 6.45) is 4.00. The van der Waals surface area contributed by atoms with E-state index >= 15 is 0 Å². The predicted octanol–water partition coefficient (Wildman–Crippen LogP) is 2.38. The van der Waals surface area contributed by atoms with Gasteiger partial charge in [-0.1, -0.05) is 0 Å². The summed E-state index contributed by atoms with van der Waals surface area (Å²) in [4.78, 5) is 0. The Hall–Kier alpha value is -1.15. The van der Waals surface area contributed by atoms with E-state index in [4.69, 9.17) is 0 Å². The van der Waals surface area contributed by atoms with Crippen molar-refractivity contribution >= 4 is 11.8 Å². The lowest BCUT2D eigenvalue weighted by Crippen LogP contribution is -2.31. The molecule has 1 heterocycles. The Morgan fingerprint density at radius 2 is 2.00 bits per heavy atom. The predicted molar refractivity (Wildman–Crippen MR) is 49.1 cm³/mol. The lowest BCUT2D eigenvalue weighted by atomic mass is 10.2. The van der Waals surface area contributed by atoms with Gasteiger partial charge in [0.1, 0.15) is 17.7 Å². The van der Waals surface area contributed by atoms with Gasteiger partial charge in [0.2, 0.25) is 0 Å². The number of fused-ring (bicyclic) bond motifs is 1. The molecule has 0 saturated heterocycles. The van der Waals surface area contributed by atoms with Gasteiger partial charge in [-0.2, -0.15) is 0 Å². The lowest BCUT2D eigenvalue weighted by Gasteiger charge is -2.20. The third-order valence-corrected chi connectivity index (χ3v) is 2.24. The number of quaternary nitrogens is 1. The van der Waals surface area contributed by atoms with Gasteiger partial charge >= 0.3 is 0 Å². The van der Waals surface area contributed by atoms with E-state index in [1.165, 1.54) is 6.07 Å². The number of rotatable bonds is 0. The molecule has 62 valence electrons. The van der Waals surface area contributed by atoms with Crippen LogP contribution in [-0.2, 0) is 0 Å². The van der Waals surface area contributed by atoms with Crippen molar-refractivity contribution in [3.8, 4) is 0 Å². The molecule has 0 aromatic heterocycles. The maximum atomic E-state index is 12.8. The Labute approximate surface area is 71.3 Å². The quantitative estimate of drug-likeness (QED) is 0.516. The normalized spacial score (nSPS) is 17.9. The topological polar surface area (TPSA) is 0 Å². The smallest absolute Gasteiger partial charge is 0.144 e. The number of benzene rings is 1. The van der Waals surface area contributed by atoms with Crippen molar-refractivity contribution in [1.29, 1.82) is 0 Å². The fraction of sp³-hybridized carbons (Fsp3) is 0.200. The Kier molecular flexibility index (Phi) is 1.36. The Morgan fingerprint density at radius 1 is 1.25 bits per heavy atom. The molecule has 0 atom stereocenters. The van der Waals surface area contributed by atoms with Gasteiger partial charge in [-0.3, -0.25) is 4.48 Å². The molecule has 0 unspecified atom stereocenters.